The minimum absolute atomic E-state index is 0.0799. The predicted octanol–water partition coefficient (Wildman–Crippen LogP) is 3.42. The van der Waals surface area contributed by atoms with Gasteiger partial charge in [0.2, 0.25) is 5.88 Å². The summed E-state index contributed by atoms with van der Waals surface area (Å²) in [4.78, 5) is 21.0. The van der Waals surface area contributed by atoms with Crippen molar-refractivity contribution in [3.63, 3.8) is 0 Å². The van der Waals surface area contributed by atoms with E-state index in [0.29, 0.717) is 11.3 Å². The van der Waals surface area contributed by atoms with Gasteiger partial charge in [0, 0.05) is 12.2 Å². The highest BCUT2D eigenvalue weighted by Gasteiger charge is 2.30. The molecular weight excluding hydrogens is 431 g/mol. The van der Waals surface area contributed by atoms with Crippen LogP contribution in [0.2, 0.25) is 0 Å². The molecule has 3 aromatic rings. The largest absolute Gasteiger partial charge is 0.480 e. The van der Waals surface area contributed by atoms with Crippen LogP contribution in [0.1, 0.15) is 53.2 Å². The molecule has 0 saturated heterocycles. The molecule has 2 heterocycles. The molecule has 1 aromatic carbocycles. The van der Waals surface area contributed by atoms with Crippen molar-refractivity contribution in [1.82, 2.24) is 14.5 Å². The zero-order valence-electron chi connectivity index (χ0n) is 18.8. The van der Waals surface area contributed by atoms with Crippen molar-refractivity contribution >= 4 is 5.97 Å². The average Bonchev–Trinajstić information content (AvgIpc) is 3.23. The Morgan fingerprint density at radius 2 is 1.94 bits per heavy atom. The summed E-state index contributed by atoms with van der Waals surface area (Å²) in [6.45, 7) is 3.72. The number of aliphatic hydroxyl groups is 1. The van der Waals surface area contributed by atoms with E-state index in [-0.39, 0.29) is 40.3 Å². The van der Waals surface area contributed by atoms with Gasteiger partial charge in [-0.05, 0) is 37.6 Å². The van der Waals surface area contributed by atoms with Gasteiger partial charge in [-0.2, -0.15) is 10.2 Å². The molecule has 0 amide bonds. The van der Waals surface area contributed by atoms with Gasteiger partial charge in [-0.3, -0.25) is 0 Å². The Morgan fingerprint density at radius 1 is 1.21 bits per heavy atom. The Bertz CT molecular complexity index is 1230. The number of benzene rings is 1. The number of hydrogen-bond donors (Lipinski definition) is 1. The van der Waals surface area contributed by atoms with E-state index in [1.807, 2.05) is 13.8 Å². The number of hydrogen-bond acceptors (Lipinski definition) is 8. The van der Waals surface area contributed by atoms with Crippen molar-refractivity contribution in [2.45, 2.75) is 26.0 Å². The van der Waals surface area contributed by atoms with Crippen LogP contribution in [0.25, 0.3) is 11.3 Å². The molecule has 10 heteroatoms. The standard InChI is InChI=1S/C23H23FN4O5/c1-12(2)28-18(16-11-26-23(33-5)27-21(16)31-3)9-15(22(30)32-4)19(28)20(29)13-6-7-14(10-25)17(24)8-13/h6-9,11-12,20,29H,1-5H3. The highest BCUT2D eigenvalue weighted by Crippen LogP contribution is 2.39. The van der Waals surface area contributed by atoms with Gasteiger partial charge in [0.05, 0.1) is 49.4 Å². The fraction of sp³-hybridized carbons (Fsp3) is 0.304. The molecule has 0 saturated carbocycles. The summed E-state index contributed by atoms with van der Waals surface area (Å²) < 4.78 is 31.4. The number of nitrogens with zero attached hydrogens (tertiary/aromatic N) is 4. The zero-order valence-corrected chi connectivity index (χ0v) is 18.8. The molecule has 0 spiro atoms. The number of nitriles is 1. The SMILES string of the molecule is COC(=O)c1cc(-c2cnc(OC)nc2OC)n(C(C)C)c1C(O)c1ccc(C#N)c(F)c1. The maximum Gasteiger partial charge on any atom is 0.339 e. The number of aliphatic hydroxyl groups excluding tert-OH is 1. The van der Waals surface area contributed by atoms with E-state index in [9.17, 15) is 14.3 Å². The van der Waals surface area contributed by atoms with Gasteiger partial charge >= 0.3 is 12.0 Å². The fourth-order valence-corrected chi connectivity index (χ4v) is 3.59. The molecule has 33 heavy (non-hydrogen) atoms. The summed E-state index contributed by atoms with van der Waals surface area (Å²) in [6, 6.07) is 6.90. The molecule has 0 bridgehead atoms. The molecule has 1 atom stereocenters. The Kier molecular flexibility index (Phi) is 6.94. The normalized spacial score (nSPS) is 11.7. The minimum atomic E-state index is -1.40. The molecule has 0 aliphatic heterocycles. The lowest BCUT2D eigenvalue weighted by Crippen LogP contribution is -2.16. The average molecular weight is 454 g/mol. The van der Waals surface area contributed by atoms with Crippen LogP contribution in [0.3, 0.4) is 0 Å². The van der Waals surface area contributed by atoms with E-state index in [4.69, 9.17) is 19.5 Å². The second-order valence-corrected chi connectivity index (χ2v) is 7.32. The molecule has 3 rings (SSSR count). The molecule has 9 nitrogen and oxygen atoms in total. The third-order valence-electron chi connectivity index (χ3n) is 5.07. The van der Waals surface area contributed by atoms with Crippen molar-refractivity contribution in [2.75, 3.05) is 21.3 Å². The first-order valence-electron chi connectivity index (χ1n) is 9.93. The van der Waals surface area contributed by atoms with Gasteiger partial charge in [-0.1, -0.05) is 6.07 Å². The van der Waals surface area contributed by atoms with E-state index in [1.54, 1.807) is 10.6 Å². The van der Waals surface area contributed by atoms with E-state index in [1.165, 1.54) is 45.7 Å². The van der Waals surface area contributed by atoms with Crippen LogP contribution in [0.15, 0.2) is 30.5 Å². The Labute approximate surface area is 190 Å². The number of esters is 1. The van der Waals surface area contributed by atoms with Crippen LogP contribution in [-0.4, -0.2) is 46.9 Å². The lowest BCUT2D eigenvalue weighted by Gasteiger charge is -2.22. The number of carbonyl (C=O) groups excluding carboxylic acids is 1. The van der Waals surface area contributed by atoms with Crippen molar-refractivity contribution in [3.05, 3.63) is 58.7 Å². The van der Waals surface area contributed by atoms with E-state index in [0.717, 1.165) is 6.07 Å². The van der Waals surface area contributed by atoms with Crippen LogP contribution >= 0.6 is 0 Å². The molecule has 0 radical (unpaired) electrons. The molecule has 172 valence electrons. The predicted molar refractivity (Wildman–Crippen MR) is 115 cm³/mol. The Morgan fingerprint density at radius 3 is 2.48 bits per heavy atom. The first-order valence-corrected chi connectivity index (χ1v) is 9.93. The monoisotopic (exact) mass is 454 g/mol. The molecule has 0 fully saturated rings. The minimum Gasteiger partial charge on any atom is -0.480 e. The quantitative estimate of drug-likeness (QED) is 0.539. The van der Waals surface area contributed by atoms with E-state index in [2.05, 4.69) is 9.97 Å². The summed E-state index contributed by atoms with van der Waals surface area (Å²) in [5.74, 6) is -1.27. The second kappa shape index (κ2) is 9.67. The first-order chi connectivity index (χ1) is 15.8. The molecule has 1 N–H and O–H groups in total. The maximum absolute atomic E-state index is 14.3. The van der Waals surface area contributed by atoms with E-state index < -0.39 is 17.9 Å². The van der Waals surface area contributed by atoms with Gasteiger partial charge < -0.3 is 23.9 Å². The van der Waals surface area contributed by atoms with Gasteiger partial charge in [0.1, 0.15) is 18.0 Å². The smallest absolute Gasteiger partial charge is 0.339 e. The van der Waals surface area contributed by atoms with Crippen molar-refractivity contribution in [2.24, 2.45) is 0 Å². The summed E-state index contributed by atoms with van der Waals surface area (Å²) >= 11 is 0. The van der Waals surface area contributed by atoms with Gasteiger partial charge in [0.25, 0.3) is 0 Å². The van der Waals surface area contributed by atoms with Crippen molar-refractivity contribution in [1.29, 1.82) is 5.26 Å². The number of rotatable bonds is 7. The van der Waals surface area contributed by atoms with Crippen LogP contribution in [0.5, 0.6) is 11.9 Å². The molecule has 1 unspecified atom stereocenters. The lowest BCUT2D eigenvalue weighted by molar-refractivity contribution is 0.0594. The number of aromatic nitrogens is 3. The lowest BCUT2D eigenvalue weighted by atomic mass is 10.0. The Balaban J connectivity index is 2.30. The molecule has 2 aromatic heterocycles. The van der Waals surface area contributed by atoms with Gasteiger partial charge in [-0.15, -0.1) is 0 Å². The topological polar surface area (TPSA) is 119 Å². The summed E-state index contributed by atoms with van der Waals surface area (Å²) in [5.41, 5.74) is 1.21. The van der Waals surface area contributed by atoms with Gasteiger partial charge in [0.15, 0.2) is 0 Å². The highest BCUT2D eigenvalue weighted by molar-refractivity contribution is 5.93. The fourth-order valence-electron chi connectivity index (χ4n) is 3.59. The summed E-state index contributed by atoms with van der Waals surface area (Å²) in [7, 11) is 4.08. The van der Waals surface area contributed by atoms with Gasteiger partial charge in [-0.25, -0.2) is 14.2 Å². The number of carbonyl (C=O) groups is 1. The highest BCUT2D eigenvalue weighted by atomic mass is 19.1. The van der Waals surface area contributed by atoms with Crippen LogP contribution in [0, 0.1) is 17.1 Å². The number of ether oxygens (including phenoxy) is 3. The third kappa shape index (κ3) is 4.36. The zero-order chi connectivity index (χ0) is 24.3. The van der Waals surface area contributed by atoms with Crippen molar-refractivity contribution < 1.29 is 28.5 Å². The maximum atomic E-state index is 14.3. The van der Waals surface area contributed by atoms with Crippen LogP contribution < -0.4 is 9.47 Å². The Hall–Kier alpha value is -3.97. The van der Waals surface area contributed by atoms with Crippen LogP contribution in [-0.2, 0) is 4.74 Å². The summed E-state index contributed by atoms with van der Waals surface area (Å²) in [5, 5.41) is 20.2. The molecule has 0 aliphatic carbocycles. The van der Waals surface area contributed by atoms with Crippen molar-refractivity contribution in [3.8, 4) is 29.2 Å². The first kappa shape index (κ1) is 23.7. The van der Waals surface area contributed by atoms with E-state index >= 15 is 0 Å². The summed E-state index contributed by atoms with van der Waals surface area (Å²) in [6.07, 6.45) is 0.0833. The van der Waals surface area contributed by atoms with Crippen LogP contribution in [0.4, 0.5) is 4.39 Å². The number of halogens is 1. The second-order valence-electron chi connectivity index (χ2n) is 7.32. The molecule has 0 aliphatic rings. The third-order valence-corrected chi connectivity index (χ3v) is 5.07. The number of methoxy groups -OCH3 is 3. The molecular formula is C23H23FN4O5.